The summed E-state index contributed by atoms with van der Waals surface area (Å²) >= 11 is 2.03. The molecule has 1 aromatic heterocycles. The molecule has 0 spiro atoms. The van der Waals surface area contributed by atoms with Gasteiger partial charge in [-0.05, 0) is 34.7 Å². The molecule has 5 heteroatoms. The molecule has 2 aromatic rings. The molecular formula is C8H4FIN2O. The lowest BCUT2D eigenvalue weighted by Gasteiger charge is -1.99. The molecule has 0 aliphatic rings. The van der Waals surface area contributed by atoms with Gasteiger partial charge in [-0.1, -0.05) is 11.2 Å². The molecule has 66 valence electrons. The zero-order valence-electron chi connectivity index (χ0n) is 6.37. The van der Waals surface area contributed by atoms with Crippen molar-refractivity contribution in [2.45, 2.75) is 0 Å². The highest BCUT2D eigenvalue weighted by atomic mass is 127. The van der Waals surface area contributed by atoms with Crippen molar-refractivity contribution in [3.63, 3.8) is 0 Å². The molecule has 0 aliphatic carbocycles. The van der Waals surface area contributed by atoms with Crippen LogP contribution in [0.2, 0.25) is 0 Å². The molecule has 0 N–H and O–H groups in total. The smallest absolute Gasteiger partial charge is 0.214 e. The summed E-state index contributed by atoms with van der Waals surface area (Å²) in [4.78, 5) is 3.79. The first-order valence-corrected chi connectivity index (χ1v) is 4.57. The summed E-state index contributed by atoms with van der Waals surface area (Å²) in [6.07, 6.45) is 1.18. The van der Waals surface area contributed by atoms with E-state index in [1.165, 1.54) is 12.5 Å². The van der Waals surface area contributed by atoms with Gasteiger partial charge in [0.2, 0.25) is 12.2 Å². The van der Waals surface area contributed by atoms with Crippen LogP contribution < -0.4 is 0 Å². The predicted octanol–water partition coefficient (Wildman–Crippen LogP) is 2.48. The van der Waals surface area contributed by atoms with E-state index in [9.17, 15) is 4.39 Å². The number of halogens is 2. The summed E-state index contributed by atoms with van der Waals surface area (Å²) in [6.45, 7) is 0. The second kappa shape index (κ2) is 3.41. The lowest BCUT2D eigenvalue weighted by atomic mass is 10.2. The Balaban J connectivity index is 2.64. The van der Waals surface area contributed by atoms with Gasteiger partial charge in [-0.2, -0.15) is 4.98 Å². The summed E-state index contributed by atoms with van der Waals surface area (Å²) in [7, 11) is 0. The largest absolute Gasteiger partial charge is 0.342 e. The molecule has 0 aliphatic heterocycles. The lowest BCUT2D eigenvalue weighted by Crippen LogP contribution is -1.89. The lowest BCUT2D eigenvalue weighted by molar-refractivity contribution is 0.418. The molecule has 13 heavy (non-hydrogen) atoms. The molecule has 0 saturated carbocycles. The molecule has 0 saturated heterocycles. The van der Waals surface area contributed by atoms with Crippen molar-refractivity contribution in [1.82, 2.24) is 10.1 Å². The van der Waals surface area contributed by atoms with Gasteiger partial charge in [0.15, 0.2) is 0 Å². The Morgan fingerprint density at radius 1 is 1.38 bits per heavy atom. The van der Waals surface area contributed by atoms with Gasteiger partial charge in [0.05, 0.1) is 5.56 Å². The molecule has 3 nitrogen and oxygen atoms in total. The Bertz CT molecular complexity index is 396. The van der Waals surface area contributed by atoms with E-state index >= 15 is 0 Å². The number of aromatic nitrogens is 2. The van der Waals surface area contributed by atoms with Crippen LogP contribution in [0, 0.1) is 9.39 Å². The number of hydrogen-bond acceptors (Lipinski definition) is 3. The van der Waals surface area contributed by atoms with Crippen LogP contribution in [0.5, 0.6) is 0 Å². The van der Waals surface area contributed by atoms with Crippen LogP contribution in [-0.4, -0.2) is 10.1 Å². The average molecular weight is 290 g/mol. The van der Waals surface area contributed by atoms with Gasteiger partial charge >= 0.3 is 0 Å². The summed E-state index contributed by atoms with van der Waals surface area (Å²) < 4.78 is 18.6. The fourth-order valence-electron chi connectivity index (χ4n) is 0.992. The van der Waals surface area contributed by atoms with E-state index in [2.05, 4.69) is 14.7 Å². The van der Waals surface area contributed by atoms with Crippen LogP contribution in [0.1, 0.15) is 0 Å². The molecule has 0 bridgehead atoms. The minimum Gasteiger partial charge on any atom is -0.342 e. The van der Waals surface area contributed by atoms with Gasteiger partial charge in [-0.3, -0.25) is 0 Å². The van der Waals surface area contributed by atoms with Crippen LogP contribution >= 0.6 is 22.6 Å². The molecule has 0 unspecified atom stereocenters. The fourth-order valence-corrected chi connectivity index (χ4v) is 1.70. The average Bonchev–Trinajstić information content (AvgIpc) is 2.57. The van der Waals surface area contributed by atoms with Crippen molar-refractivity contribution >= 4 is 22.6 Å². The van der Waals surface area contributed by atoms with Gasteiger partial charge in [0.1, 0.15) is 5.82 Å². The van der Waals surface area contributed by atoms with E-state index in [1.807, 2.05) is 22.6 Å². The normalized spacial score (nSPS) is 10.3. The number of hydrogen-bond donors (Lipinski definition) is 0. The standard InChI is InChI=1S/C8H4FIN2O/c9-5-2-1-3-6(10)7(5)8-11-4-13-12-8/h1-4H. The van der Waals surface area contributed by atoms with Crippen LogP contribution in [0.15, 0.2) is 29.1 Å². The predicted molar refractivity (Wildman–Crippen MR) is 52.4 cm³/mol. The maximum Gasteiger partial charge on any atom is 0.214 e. The Hall–Kier alpha value is -0.980. The zero-order chi connectivity index (χ0) is 9.26. The Labute approximate surface area is 87.1 Å². The highest BCUT2D eigenvalue weighted by molar-refractivity contribution is 14.1. The number of nitrogens with zero attached hydrogens (tertiary/aromatic N) is 2. The Kier molecular flexibility index (Phi) is 2.26. The van der Waals surface area contributed by atoms with Gasteiger partial charge in [-0.15, -0.1) is 0 Å². The maximum atomic E-state index is 13.3. The van der Waals surface area contributed by atoms with Crippen molar-refractivity contribution in [3.8, 4) is 11.4 Å². The van der Waals surface area contributed by atoms with Crippen LogP contribution in [0.25, 0.3) is 11.4 Å². The minimum absolute atomic E-state index is 0.280. The zero-order valence-corrected chi connectivity index (χ0v) is 8.53. The third-order valence-corrected chi connectivity index (χ3v) is 2.45. The maximum absolute atomic E-state index is 13.3. The third kappa shape index (κ3) is 1.55. The third-order valence-electron chi connectivity index (χ3n) is 1.55. The first kappa shape index (κ1) is 8.61. The van der Waals surface area contributed by atoms with Crippen LogP contribution in [-0.2, 0) is 0 Å². The van der Waals surface area contributed by atoms with Crippen LogP contribution in [0.4, 0.5) is 4.39 Å². The summed E-state index contributed by atoms with van der Waals surface area (Å²) in [6, 6.07) is 4.80. The summed E-state index contributed by atoms with van der Waals surface area (Å²) in [5.41, 5.74) is 0.386. The molecular weight excluding hydrogens is 286 g/mol. The molecule has 0 fully saturated rings. The van der Waals surface area contributed by atoms with Crippen molar-refractivity contribution in [2.24, 2.45) is 0 Å². The summed E-state index contributed by atoms with van der Waals surface area (Å²) in [5, 5.41) is 3.58. The van der Waals surface area contributed by atoms with Gasteiger partial charge < -0.3 is 4.52 Å². The van der Waals surface area contributed by atoms with E-state index in [0.29, 0.717) is 5.56 Å². The first-order valence-electron chi connectivity index (χ1n) is 3.50. The minimum atomic E-state index is -0.340. The summed E-state index contributed by atoms with van der Waals surface area (Å²) in [5.74, 6) is -0.0594. The number of benzene rings is 1. The first-order chi connectivity index (χ1) is 6.29. The topological polar surface area (TPSA) is 38.9 Å². The highest BCUT2D eigenvalue weighted by Gasteiger charge is 2.12. The van der Waals surface area contributed by atoms with Gasteiger partial charge in [0, 0.05) is 3.57 Å². The second-order valence-electron chi connectivity index (χ2n) is 2.35. The van der Waals surface area contributed by atoms with Gasteiger partial charge in [-0.25, -0.2) is 4.39 Å². The van der Waals surface area contributed by atoms with E-state index in [1.54, 1.807) is 12.1 Å². The Morgan fingerprint density at radius 3 is 2.85 bits per heavy atom. The monoisotopic (exact) mass is 290 g/mol. The van der Waals surface area contributed by atoms with E-state index < -0.39 is 0 Å². The quantitative estimate of drug-likeness (QED) is 0.757. The van der Waals surface area contributed by atoms with Crippen molar-refractivity contribution in [2.75, 3.05) is 0 Å². The van der Waals surface area contributed by atoms with E-state index in [0.717, 1.165) is 3.57 Å². The highest BCUT2D eigenvalue weighted by Crippen LogP contribution is 2.24. The van der Waals surface area contributed by atoms with Crippen molar-refractivity contribution < 1.29 is 8.91 Å². The molecule has 0 amide bonds. The molecule has 1 aromatic carbocycles. The van der Waals surface area contributed by atoms with Crippen molar-refractivity contribution in [3.05, 3.63) is 34.0 Å². The molecule has 0 atom stereocenters. The second-order valence-corrected chi connectivity index (χ2v) is 3.51. The molecule has 2 rings (SSSR count). The van der Waals surface area contributed by atoms with E-state index in [4.69, 9.17) is 0 Å². The van der Waals surface area contributed by atoms with Crippen molar-refractivity contribution in [1.29, 1.82) is 0 Å². The SMILES string of the molecule is Fc1cccc(I)c1-c1ncon1. The Morgan fingerprint density at radius 2 is 2.23 bits per heavy atom. The molecule has 0 radical (unpaired) electrons. The number of rotatable bonds is 1. The van der Waals surface area contributed by atoms with Gasteiger partial charge in [0.25, 0.3) is 0 Å². The van der Waals surface area contributed by atoms with Crippen LogP contribution in [0.3, 0.4) is 0 Å². The van der Waals surface area contributed by atoms with E-state index in [-0.39, 0.29) is 11.6 Å². The molecule has 1 heterocycles. The fraction of sp³-hybridized carbons (Fsp3) is 0.